The highest BCUT2D eigenvalue weighted by molar-refractivity contribution is 7.98. The van der Waals surface area contributed by atoms with Gasteiger partial charge in [0.05, 0.1) is 18.0 Å². The average Bonchev–Trinajstić information content (AvgIpc) is 3.40. The molecule has 1 aliphatic heterocycles. The predicted octanol–water partition coefficient (Wildman–Crippen LogP) is 3.76. The van der Waals surface area contributed by atoms with Crippen LogP contribution in [-0.4, -0.2) is 55.7 Å². The molecule has 1 aromatic heterocycles. The maximum absolute atomic E-state index is 13.2. The van der Waals surface area contributed by atoms with E-state index in [1.165, 1.54) is 23.9 Å². The van der Waals surface area contributed by atoms with Crippen LogP contribution in [0.4, 0.5) is 15.8 Å². The number of carbonyl (C=O) groups is 2. The quantitative estimate of drug-likeness (QED) is 0.395. The lowest BCUT2D eigenvalue weighted by molar-refractivity contribution is -0.136. The van der Waals surface area contributed by atoms with E-state index in [1.807, 2.05) is 36.6 Å². The number of thioether (sulfide) groups is 1. The van der Waals surface area contributed by atoms with Crippen LogP contribution in [0.5, 0.6) is 0 Å². The molecular weight excluding hydrogens is 455 g/mol. The second kappa shape index (κ2) is 11.2. The Hall–Kier alpha value is -3.30. The van der Waals surface area contributed by atoms with Gasteiger partial charge >= 0.3 is 11.8 Å². The number of hydrogen-bond donors (Lipinski definition) is 2. The fourth-order valence-electron chi connectivity index (χ4n) is 4.03. The zero-order chi connectivity index (χ0) is 23.9. The number of piperazine rings is 1. The monoisotopic (exact) mass is 482 g/mol. The maximum atomic E-state index is 13.2. The second-order valence-electron chi connectivity index (χ2n) is 7.90. The van der Waals surface area contributed by atoms with Crippen molar-refractivity contribution in [2.75, 3.05) is 49.2 Å². The molecule has 1 aliphatic rings. The third kappa shape index (κ3) is 5.78. The number of halogens is 1. The highest BCUT2D eigenvalue weighted by Crippen LogP contribution is 2.26. The van der Waals surface area contributed by atoms with E-state index >= 15 is 0 Å². The molecule has 0 spiro atoms. The van der Waals surface area contributed by atoms with Crippen molar-refractivity contribution in [2.24, 2.45) is 0 Å². The van der Waals surface area contributed by atoms with Crippen molar-refractivity contribution in [2.45, 2.75) is 10.9 Å². The SMILES string of the molecule is CSc1ccccc1NC(=O)C(=O)NCC(c1ccco1)N1CCN(c2ccc(F)cc2)CC1. The number of furan rings is 1. The van der Waals surface area contributed by atoms with Crippen molar-refractivity contribution in [1.82, 2.24) is 10.2 Å². The number of benzene rings is 2. The molecule has 1 fully saturated rings. The summed E-state index contributed by atoms with van der Waals surface area (Å²) >= 11 is 1.50. The Labute approximate surface area is 202 Å². The largest absolute Gasteiger partial charge is 0.468 e. The van der Waals surface area contributed by atoms with Gasteiger partial charge in [-0.05, 0) is 54.8 Å². The number of para-hydroxylation sites is 1. The normalized spacial score (nSPS) is 15.1. The molecule has 9 heteroatoms. The Morgan fingerprint density at radius 1 is 1.00 bits per heavy atom. The highest BCUT2D eigenvalue weighted by Gasteiger charge is 2.28. The number of rotatable bonds is 7. The van der Waals surface area contributed by atoms with Gasteiger partial charge in [0, 0.05) is 43.3 Å². The van der Waals surface area contributed by atoms with E-state index < -0.39 is 11.8 Å². The van der Waals surface area contributed by atoms with Crippen molar-refractivity contribution >= 4 is 35.0 Å². The molecule has 0 aliphatic carbocycles. The molecule has 1 atom stereocenters. The summed E-state index contributed by atoms with van der Waals surface area (Å²) in [4.78, 5) is 30.3. The van der Waals surface area contributed by atoms with Gasteiger partial charge in [0.1, 0.15) is 11.6 Å². The molecule has 178 valence electrons. The Morgan fingerprint density at radius 3 is 2.41 bits per heavy atom. The van der Waals surface area contributed by atoms with Gasteiger partial charge in [0.25, 0.3) is 0 Å². The summed E-state index contributed by atoms with van der Waals surface area (Å²) in [6.45, 7) is 3.20. The molecule has 2 amide bonds. The maximum Gasteiger partial charge on any atom is 0.313 e. The molecule has 1 saturated heterocycles. The fraction of sp³-hybridized carbons (Fsp3) is 0.280. The van der Waals surface area contributed by atoms with Crippen molar-refractivity contribution in [1.29, 1.82) is 0 Å². The third-order valence-corrected chi connectivity index (χ3v) is 6.63. The van der Waals surface area contributed by atoms with Gasteiger partial charge in [-0.3, -0.25) is 14.5 Å². The summed E-state index contributed by atoms with van der Waals surface area (Å²) in [6, 6.07) is 17.3. The third-order valence-electron chi connectivity index (χ3n) is 5.84. The van der Waals surface area contributed by atoms with Crippen LogP contribution in [0.3, 0.4) is 0 Å². The van der Waals surface area contributed by atoms with Gasteiger partial charge in [-0.25, -0.2) is 4.39 Å². The molecule has 2 heterocycles. The van der Waals surface area contributed by atoms with E-state index in [0.717, 1.165) is 42.5 Å². The average molecular weight is 483 g/mol. The number of anilines is 2. The van der Waals surface area contributed by atoms with Gasteiger partial charge in [0.2, 0.25) is 0 Å². The summed E-state index contributed by atoms with van der Waals surface area (Å²) < 4.78 is 18.9. The molecule has 3 aromatic rings. The topological polar surface area (TPSA) is 77.8 Å². The molecule has 1 unspecified atom stereocenters. The van der Waals surface area contributed by atoms with Crippen LogP contribution in [0.2, 0.25) is 0 Å². The first-order valence-corrected chi connectivity index (χ1v) is 12.3. The summed E-state index contributed by atoms with van der Waals surface area (Å²) in [5, 5.41) is 5.45. The summed E-state index contributed by atoms with van der Waals surface area (Å²) in [6.07, 6.45) is 3.51. The van der Waals surface area contributed by atoms with Crippen LogP contribution in [-0.2, 0) is 9.59 Å². The van der Waals surface area contributed by atoms with E-state index in [-0.39, 0.29) is 18.4 Å². The van der Waals surface area contributed by atoms with Crippen LogP contribution in [0.1, 0.15) is 11.8 Å². The standard InChI is InChI=1S/C25H27FN4O3S/c1-34-23-7-3-2-5-20(23)28-25(32)24(31)27-17-21(22-6-4-16-33-22)30-14-12-29(13-15-30)19-10-8-18(26)9-11-19/h2-11,16,21H,12-15,17H2,1H3,(H,27,31)(H,28,32). The fourth-order valence-corrected chi connectivity index (χ4v) is 4.58. The van der Waals surface area contributed by atoms with E-state index in [9.17, 15) is 14.0 Å². The lowest BCUT2D eigenvalue weighted by Gasteiger charge is -2.39. The van der Waals surface area contributed by atoms with Crippen molar-refractivity contribution in [3.8, 4) is 0 Å². The molecule has 0 bridgehead atoms. The summed E-state index contributed by atoms with van der Waals surface area (Å²) in [7, 11) is 0. The molecule has 2 aromatic carbocycles. The zero-order valence-electron chi connectivity index (χ0n) is 18.9. The number of hydrogen-bond acceptors (Lipinski definition) is 6. The van der Waals surface area contributed by atoms with Crippen LogP contribution >= 0.6 is 11.8 Å². The summed E-state index contributed by atoms with van der Waals surface area (Å²) in [5.74, 6) is -0.932. The van der Waals surface area contributed by atoms with Crippen LogP contribution in [0.25, 0.3) is 0 Å². The molecule has 0 saturated carbocycles. The van der Waals surface area contributed by atoms with Crippen molar-refractivity contribution < 1.29 is 18.4 Å². The van der Waals surface area contributed by atoms with Crippen LogP contribution in [0.15, 0.2) is 76.2 Å². The first kappa shape index (κ1) is 23.8. The number of nitrogens with one attached hydrogen (secondary N) is 2. The Morgan fingerprint density at radius 2 is 1.74 bits per heavy atom. The van der Waals surface area contributed by atoms with Gasteiger partial charge in [0.15, 0.2) is 0 Å². The molecule has 2 N–H and O–H groups in total. The van der Waals surface area contributed by atoms with Crippen LogP contribution in [0, 0.1) is 5.82 Å². The van der Waals surface area contributed by atoms with Gasteiger partial charge in [-0.15, -0.1) is 11.8 Å². The lowest BCUT2D eigenvalue weighted by atomic mass is 10.1. The Balaban J connectivity index is 1.36. The molecule has 0 radical (unpaired) electrons. The van der Waals surface area contributed by atoms with E-state index in [0.29, 0.717) is 5.69 Å². The van der Waals surface area contributed by atoms with Gasteiger partial charge < -0.3 is 20.0 Å². The zero-order valence-corrected chi connectivity index (χ0v) is 19.7. The lowest BCUT2D eigenvalue weighted by Crippen LogP contribution is -2.50. The first-order valence-electron chi connectivity index (χ1n) is 11.1. The Bertz CT molecular complexity index is 1100. The van der Waals surface area contributed by atoms with Crippen molar-refractivity contribution in [3.63, 3.8) is 0 Å². The Kier molecular flexibility index (Phi) is 7.87. The minimum absolute atomic E-state index is 0.208. The van der Waals surface area contributed by atoms with E-state index in [1.54, 1.807) is 24.5 Å². The molecular formula is C25H27FN4O3S. The van der Waals surface area contributed by atoms with Crippen molar-refractivity contribution in [3.05, 3.63) is 78.5 Å². The minimum Gasteiger partial charge on any atom is -0.468 e. The smallest absolute Gasteiger partial charge is 0.313 e. The molecule has 7 nitrogen and oxygen atoms in total. The minimum atomic E-state index is -0.708. The van der Waals surface area contributed by atoms with E-state index in [2.05, 4.69) is 20.4 Å². The van der Waals surface area contributed by atoms with Gasteiger partial charge in [-0.1, -0.05) is 12.1 Å². The number of amides is 2. The first-order chi connectivity index (χ1) is 16.5. The molecule has 4 rings (SSSR count). The van der Waals surface area contributed by atoms with Gasteiger partial charge in [-0.2, -0.15) is 0 Å². The number of nitrogens with zero attached hydrogens (tertiary/aromatic N) is 2. The van der Waals surface area contributed by atoms with E-state index in [4.69, 9.17) is 4.42 Å². The summed E-state index contributed by atoms with van der Waals surface area (Å²) in [5.41, 5.74) is 1.58. The number of carbonyl (C=O) groups excluding carboxylic acids is 2. The molecule has 34 heavy (non-hydrogen) atoms. The highest BCUT2D eigenvalue weighted by atomic mass is 32.2. The predicted molar refractivity (Wildman–Crippen MR) is 131 cm³/mol. The second-order valence-corrected chi connectivity index (χ2v) is 8.74. The van der Waals surface area contributed by atoms with Crippen LogP contribution < -0.4 is 15.5 Å².